The summed E-state index contributed by atoms with van der Waals surface area (Å²) in [5, 5.41) is 3.21. The van der Waals surface area contributed by atoms with Crippen LogP contribution in [0.1, 0.15) is 25.1 Å². The minimum absolute atomic E-state index is 0.252. The fourth-order valence-corrected chi connectivity index (χ4v) is 2.11. The molecule has 0 fully saturated rings. The van der Waals surface area contributed by atoms with E-state index in [9.17, 15) is 4.79 Å². The van der Waals surface area contributed by atoms with Crippen LogP contribution in [-0.2, 0) is 16.8 Å². The van der Waals surface area contributed by atoms with E-state index in [1.165, 1.54) is 0 Å². The molecular weight excluding hydrogens is 300 g/mol. The maximum Gasteiger partial charge on any atom is 0.407 e. The highest BCUT2D eigenvalue weighted by molar-refractivity contribution is 6.29. The van der Waals surface area contributed by atoms with E-state index in [1.54, 1.807) is 6.07 Å². The molecule has 1 amide bonds. The first-order chi connectivity index (χ1) is 10.5. The molecule has 0 unspecified atom stereocenters. The molecule has 0 atom stereocenters. The predicted octanol–water partition coefficient (Wildman–Crippen LogP) is 3.94. The number of ether oxygens (including phenoxy) is 1. The number of aromatic nitrogens is 1. The molecule has 0 saturated carbocycles. The summed E-state index contributed by atoms with van der Waals surface area (Å²) >= 11 is 5.91. The number of hydrogen-bond donors (Lipinski definition) is 1. The van der Waals surface area contributed by atoms with Gasteiger partial charge in [0.1, 0.15) is 11.8 Å². The summed E-state index contributed by atoms with van der Waals surface area (Å²) in [5.41, 5.74) is 1.44. The Labute approximate surface area is 135 Å². The largest absolute Gasteiger partial charge is 0.445 e. The molecule has 0 bridgehead atoms. The topological polar surface area (TPSA) is 51.2 Å². The first kappa shape index (κ1) is 16.3. The van der Waals surface area contributed by atoms with Crippen LogP contribution in [-0.4, -0.2) is 17.6 Å². The second kappa shape index (κ2) is 7.27. The lowest BCUT2D eigenvalue weighted by molar-refractivity contribution is 0.137. The lowest BCUT2D eigenvalue weighted by Crippen LogP contribution is -2.37. The number of carbonyl (C=O) groups is 1. The fraction of sp³-hybridized carbons (Fsp3) is 0.294. The molecule has 0 aliphatic carbocycles. The number of amides is 1. The third-order valence-electron chi connectivity index (χ3n) is 3.30. The molecule has 116 valence electrons. The van der Waals surface area contributed by atoms with Gasteiger partial charge in [0.2, 0.25) is 0 Å². The predicted molar refractivity (Wildman–Crippen MR) is 86.9 cm³/mol. The van der Waals surface area contributed by atoms with Gasteiger partial charge in [0.15, 0.2) is 0 Å². The van der Waals surface area contributed by atoms with E-state index < -0.39 is 6.09 Å². The van der Waals surface area contributed by atoms with Crippen molar-refractivity contribution in [3.8, 4) is 0 Å². The number of pyridine rings is 1. The summed E-state index contributed by atoms with van der Waals surface area (Å²) in [7, 11) is 0. The summed E-state index contributed by atoms with van der Waals surface area (Å²) in [6, 6.07) is 15.0. The van der Waals surface area contributed by atoms with Crippen molar-refractivity contribution in [2.24, 2.45) is 0 Å². The zero-order valence-electron chi connectivity index (χ0n) is 12.7. The second-order valence-electron chi connectivity index (χ2n) is 5.64. The van der Waals surface area contributed by atoms with Crippen LogP contribution in [0.25, 0.3) is 0 Å². The molecule has 1 aromatic heterocycles. The van der Waals surface area contributed by atoms with Gasteiger partial charge in [-0.1, -0.05) is 61.8 Å². The Bertz CT molecular complexity index is 630. The molecule has 0 aliphatic rings. The number of hydrogen-bond acceptors (Lipinski definition) is 3. The highest BCUT2D eigenvalue weighted by atomic mass is 35.5. The van der Waals surface area contributed by atoms with Crippen molar-refractivity contribution in [3.05, 3.63) is 64.9 Å². The molecule has 0 spiro atoms. The molecule has 1 N–H and O–H groups in total. The number of carbonyl (C=O) groups excluding carboxylic acids is 1. The van der Waals surface area contributed by atoms with Crippen LogP contribution in [0.3, 0.4) is 0 Å². The number of nitrogens with zero attached hydrogens (tertiary/aromatic N) is 1. The van der Waals surface area contributed by atoms with Gasteiger partial charge in [-0.3, -0.25) is 0 Å². The van der Waals surface area contributed by atoms with Crippen molar-refractivity contribution < 1.29 is 9.53 Å². The monoisotopic (exact) mass is 318 g/mol. The fourth-order valence-electron chi connectivity index (χ4n) is 1.94. The first-order valence-electron chi connectivity index (χ1n) is 7.05. The first-order valence-corrected chi connectivity index (χ1v) is 7.43. The third-order valence-corrected chi connectivity index (χ3v) is 3.51. The normalized spacial score (nSPS) is 11.0. The Morgan fingerprint density at radius 1 is 1.18 bits per heavy atom. The Hall–Kier alpha value is -2.07. The zero-order chi connectivity index (χ0) is 16.0. The summed E-state index contributed by atoms with van der Waals surface area (Å²) in [6.07, 6.45) is -0.445. The van der Waals surface area contributed by atoms with E-state index in [2.05, 4.69) is 10.3 Å². The van der Waals surface area contributed by atoms with Crippen LogP contribution in [0.2, 0.25) is 5.15 Å². The molecule has 1 heterocycles. The van der Waals surface area contributed by atoms with Gasteiger partial charge in [0.05, 0.1) is 0 Å². The van der Waals surface area contributed by atoms with E-state index >= 15 is 0 Å². The SMILES string of the molecule is CC(C)(CNC(=O)OCc1ccccc1)c1cccc(Cl)n1. The third kappa shape index (κ3) is 4.74. The second-order valence-corrected chi connectivity index (χ2v) is 6.03. The number of halogens is 1. The summed E-state index contributed by atoms with van der Waals surface area (Å²) < 4.78 is 5.19. The van der Waals surface area contributed by atoms with Crippen molar-refractivity contribution in [2.75, 3.05) is 6.54 Å². The molecule has 5 heteroatoms. The van der Waals surface area contributed by atoms with Crippen LogP contribution in [0, 0.1) is 0 Å². The average molecular weight is 319 g/mol. The Morgan fingerprint density at radius 3 is 2.59 bits per heavy atom. The number of rotatable bonds is 5. The van der Waals surface area contributed by atoms with Crippen LogP contribution in [0.15, 0.2) is 48.5 Å². The van der Waals surface area contributed by atoms with Gasteiger partial charge < -0.3 is 10.1 Å². The average Bonchev–Trinajstić information content (AvgIpc) is 2.52. The van der Waals surface area contributed by atoms with Crippen molar-refractivity contribution in [1.82, 2.24) is 10.3 Å². The zero-order valence-corrected chi connectivity index (χ0v) is 13.4. The lowest BCUT2D eigenvalue weighted by atomic mass is 9.89. The Kier molecular flexibility index (Phi) is 5.39. The standard InChI is InChI=1S/C17H19ClN2O2/c1-17(2,14-9-6-10-15(18)20-14)12-19-16(21)22-11-13-7-4-3-5-8-13/h3-10H,11-12H2,1-2H3,(H,19,21). The van der Waals surface area contributed by atoms with Crippen molar-refractivity contribution in [2.45, 2.75) is 25.9 Å². The maximum atomic E-state index is 11.8. The van der Waals surface area contributed by atoms with Gasteiger partial charge in [0, 0.05) is 17.7 Å². The minimum Gasteiger partial charge on any atom is -0.445 e. The van der Waals surface area contributed by atoms with Crippen molar-refractivity contribution in [1.29, 1.82) is 0 Å². The Morgan fingerprint density at radius 2 is 1.91 bits per heavy atom. The van der Waals surface area contributed by atoms with Gasteiger partial charge in [-0.25, -0.2) is 9.78 Å². The van der Waals surface area contributed by atoms with E-state index in [0.29, 0.717) is 11.7 Å². The van der Waals surface area contributed by atoms with E-state index in [1.807, 2.05) is 56.3 Å². The van der Waals surface area contributed by atoms with Gasteiger partial charge in [-0.05, 0) is 17.7 Å². The number of alkyl carbamates (subject to hydrolysis) is 1. The van der Waals surface area contributed by atoms with Gasteiger partial charge in [-0.15, -0.1) is 0 Å². The van der Waals surface area contributed by atoms with E-state index in [0.717, 1.165) is 11.3 Å². The van der Waals surface area contributed by atoms with Crippen molar-refractivity contribution in [3.63, 3.8) is 0 Å². The number of nitrogens with one attached hydrogen (secondary N) is 1. The maximum absolute atomic E-state index is 11.8. The Balaban J connectivity index is 1.85. The van der Waals surface area contributed by atoms with E-state index in [4.69, 9.17) is 16.3 Å². The number of benzene rings is 1. The molecule has 1 aromatic carbocycles. The highest BCUT2D eigenvalue weighted by Crippen LogP contribution is 2.21. The summed E-state index contributed by atoms with van der Waals surface area (Å²) in [6.45, 7) is 4.64. The smallest absolute Gasteiger partial charge is 0.407 e. The van der Waals surface area contributed by atoms with E-state index in [-0.39, 0.29) is 12.0 Å². The summed E-state index contributed by atoms with van der Waals surface area (Å²) in [5.74, 6) is 0. The minimum atomic E-state index is -0.445. The van der Waals surface area contributed by atoms with Gasteiger partial charge >= 0.3 is 6.09 Å². The molecule has 2 aromatic rings. The quantitative estimate of drug-likeness (QED) is 0.850. The van der Waals surface area contributed by atoms with Crippen molar-refractivity contribution >= 4 is 17.7 Å². The molecule has 0 aliphatic heterocycles. The van der Waals surface area contributed by atoms with Crippen LogP contribution < -0.4 is 5.32 Å². The molecule has 22 heavy (non-hydrogen) atoms. The van der Waals surface area contributed by atoms with Gasteiger partial charge in [0.25, 0.3) is 0 Å². The lowest BCUT2D eigenvalue weighted by Gasteiger charge is -2.24. The molecule has 0 saturated heterocycles. The molecule has 0 radical (unpaired) electrons. The molecule has 2 rings (SSSR count). The van der Waals surface area contributed by atoms with Crippen LogP contribution >= 0.6 is 11.6 Å². The molecule has 4 nitrogen and oxygen atoms in total. The molecular formula is C17H19ClN2O2. The van der Waals surface area contributed by atoms with Gasteiger partial charge in [-0.2, -0.15) is 0 Å². The van der Waals surface area contributed by atoms with Crippen LogP contribution in [0.4, 0.5) is 4.79 Å². The summed E-state index contributed by atoms with van der Waals surface area (Å²) in [4.78, 5) is 16.1. The van der Waals surface area contributed by atoms with Crippen LogP contribution in [0.5, 0.6) is 0 Å². The highest BCUT2D eigenvalue weighted by Gasteiger charge is 2.23.